The van der Waals surface area contributed by atoms with Gasteiger partial charge >= 0.3 is 5.97 Å². The first-order valence-corrected chi connectivity index (χ1v) is 8.27. The molecule has 2 aromatic rings. The molecule has 0 spiro atoms. The maximum atomic E-state index is 12.0. The van der Waals surface area contributed by atoms with E-state index in [0.29, 0.717) is 23.7 Å². The summed E-state index contributed by atoms with van der Waals surface area (Å²) in [6, 6.07) is 10.4. The van der Waals surface area contributed by atoms with E-state index >= 15 is 0 Å². The second-order valence-electron chi connectivity index (χ2n) is 5.64. The summed E-state index contributed by atoms with van der Waals surface area (Å²) in [4.78, 5) is 35.3. The molecule has 0 bridgehead atoms. The maximum absolute atomic E-state index is 12.0. The van der Waals surface area contributed by atoms with Crippen LogP contribution in [-0.4, -0.2) is 37.1 Å². The van der Waals surface area contributed by atoms with Crippen LogP contribution < -0.4 is 20.3 Å². The number of hydrazine groups is 1. The first-order valence-electron chi connectivity index (χ1n) is 8.27. The molecule has 0 aliphatic carbocycles. The molecule has 2 N–H and O–H groups in total. The molecule has 0 radical (unpaired) electrons. The van der Waals surface area contributed by atoms with Crippen molar-refractivity contribution < 1.29 is 33.0 Å². The number of carbonyl (C=O) groups is 3. The molecule has 0 fully saturated rings. The van der Waals surface area contributed by atoms with Gasteiger partial charge in [0.1, 0.15) is 12.4 Å². The van der Waals surface area contributed by atoms with Gasteiger partial charge in [-0.25, -0.2) is 0 Å². The topological polar surface area (TPSA) is 116 Å². The number of aryl methyl sites for hydroxylation is 1. The average molecular weight is 374 g/mol. The first kappa shape index (κ1) is 18.3. The van der Waals surface area contributed by atoms with E-state index < -0.39 is 30.5 Å². The molecule has 1 unspecified atom stereocenters. The van der Waals surface area contributed by atoms with Gasteiger partial charge in [0, 0.05) is 6.42 Å². The highest BCUT2D eigenvalue weighted by molar-refractivity contribution is 5.86. The van der Waals surface area contributed by atoms with Crippen molar-refractivity contribution in [2.24, 2.45) is 0 Å². The Hall–Kier alpha value is -3.49. The molecule has 1 aromatic carbocycles. The number of hydrogen-bond acceptors (Lipinski definition) is 7. The quantitative estimate of drug-likeness (QED) is 0.566. The summed E-state index contributed by atoms with van der Waals surface area (Å²) in [6.07, 6.45) is 1.07. The molecule has 27 heavy (non-hydrogen) atoms. The second-order valence-corrected chi connectivity index (χ2v) is 5.64. The van der Waals surface area contributed by atoms with Gasteiger partial charge < -0.3 is 18.6 Å². The number of carbonyl (C=O) groups excluding carboxylic acids is 3. The highest BCUT2D eigenvalue weighted by Crippen LogP contribution is 2.30. The van der Waals surface area contributed by atoms with Crippen LogP contribution in [0.25, 0.3) is 0 Å². The molecule has 0 saturated heterocycles. The Morgan fingerprint density at radius 3 is 2.67 bits per heavy atom. The summed E-state index contributed by atoms with van der Waals surface area (Å²) in [5.74, 6) is -0.157. The SMILES string of the molecule is O=C(COC(=O)CCc1ccco1)NNC(=O)C1COc2ccccc2O1. The van der Waals surface area contributed by atoms with Crippen molar-refractivity contribution in [2.45, 2.75) is 18.9 Å². The summed E-state index contributed by atoms with van der Waals surface area (Å²) in [7, 11) is 0. The Morgan fingerprint density at radius 2 is 1.89 bits per heavy atom. The Bertz CT molecular complexity index is 804. The van der Waals surface area contributed by atoms with Crippen molar-refractivity contribution in [3.8, 4) is 11.5 Å². The molecule has 1 aromatic heterocycles. The molecule has 142 valence electrons. The number of amides is 2. The first-order chi connectivity index (χ1) is 13.1. The predicted octanol–water partition coefficient (Wildman–Crippen LogP) is 0.743. The van der Waals surface area contributed by atoms with Crippen LogP contribution in [-0.2, 0) is 25.5 Å². The summed E-state index contributed by atoms with van der Waals surface area (Å²) < 4.78 is 20.9. The van der Waals surface area contributed by atoms with Gasteiger partial charge in [-0.2, -0.15) is 0 Å². The van der Waals surface area contributed by atoms with E-state index in [9.17, 15) is 14.4 Å². The fourth-order valence-corrected chi connectivity index (χ4v) is 2.29. The van der Waals surface area contributed by atoms with E-state index in [1.54, 1.807) is 36.4 Å². The molecular weight excluding hydrogens is 356 g/mol. The van der Waals surface area contributed by atoms with Crippen molar-refractivity contribution in [2.75, 3.05) is 13.2 Å². The molecular formula is C18H18N2O7. The molecule has 1 atom stereocenters. The fourth-order valence-electron chi connectivity index (χ4n) is 2.29. The van der Waals surface area contributed by atoms with E-state index in [-0.39, 0.29) is 13.0 Å². The molecule has 3 rings (SSSR count). The summed E-state index contributed by atoms with van der Waals surface area (Å²) in [6.45, 7) is -0.497. The summed E-state index contributed by atoms with van der Waals surface area (Å²) >= 11 is 0. The zero-order valence-electron chi connectivity index (χ0n) is 14.3. The smallest absolute Gasteiger partial charge is 0.306 e. The van der Waals surface area contributed by atoms with Crippen LogP contribution in [0.3, 0.4) is 0 Å². The Balaban J connectivity index is 1.34. The van der Waals surface area contributed by atoms with Gasteiger partial charge in [-0.3, -0.25) is 25.2 Å². The van der Waals surface area contributed by atoms with Crippen molar-refractivity contribution in [3.05, 3.63) is 48.4 Å². The Kier molecular flexibility index (Phi) is 5.93. The molecule has 1 aliphatic rings. The third kappa shape index (κ3) is 5.24. The van der Waals surface area contributed by atoms with Crippen molar-refractivity contribution in [1.82, 2.24) is 10.9 Å². The van der Waals surface area contributed by atoms with Crippen LogP contribution in [0, 0.1) is 0 Å². The maximum Gasteiger partial charge on any atom is 0.306 e. The Labute approximate surface area is 154 Å². The monoisotopic (exact) mass is 374 g/mol. The summed E-state index contributed by atoms with van der Waals surface area (Å²) in [5, 5.41) is 0. The number of fused-ring (bicyclic) bond motifs is 1. The van der Waals surface area contributed by atoms with Gasteiger partial charge in [0.2, 0.25) is 6.10 Å². The number of ether oxygens (including phenoxy) is 3. The fraction of sp³-hybridized carbons (Fsp3) is 0.278. The van der Waals surface area contributed by atoms with Crippen molar-refractivity contribution in [1.29, 1.82) is 0 Å². The average Bonchev–Trinajstić information content (AvgIpc) is 3.22. The van der Waals surface area contributed by atoms with Crippen molar-refractivity contribution in [3.63, 3.8) is 0 Å². The number of hydrogen-bond donors (Lipinski definition) is 2. The standard InChI is InChI=1S/C18H18N2O7/c21-16(11-26-17(22)8-7-12-4-3-9-24-12)19-20-18(23)15-10-25-13-5-1-2-6-14(13)27-15/h1-6,9,15H,7-8,10-11H2,(H,19,21)(H,20,23). The van der Waals surface area contributed by atoms with Gasteiger partial charge in [-0.15, -0.1) is 0 Å². The zero-order chi connectivity index (χ0) is 19.1. The van der Waals surface area contributed by atoms with Crippen molar-refractivity contribution >= 4 is 17.8 Å². The molecule has 1 aliphatic heterocycles. The largest absolute Gasteiger partial charge is 0.485 e. The third-order valence-corrected chi connectivity index (χ3v) is 3.65. The number of rotatable bonds is 6. The van der Waals surface area contributed by atoms with Gasteiger partial charge in [0.25, 0.3) is 11.8 Å². The molecule has 9 nitrogen and oxygen atoms in total. The molecule has 2 amide bonds. The highest BCUT2D eigenvalue weighted by Gasteiger charge is 2.27. The van der Waals surface area contributed by atoms with Gasteiger partial charge in [-0.05, 0) is 24.3 Å². The zero-order valence-corrected chi connectivity index (χ0v) is 14.3. The normalized spacial score (nSPS) is 14.9. The third-order valence-electron chi connectivity index (χ3n) is 3.65. The van der Waals surface area contributed by atoms with Crippen LogP contribution in [0.1, 0.15) is 12.2 Å². The van der Waals surface area contributed by atoms with E-state index in [1.807, 2.05) is 0 Å². The van der Waals surface area contributed by atoms with Crippen LogP contribution >= 0.6 is 0 Å². The Morgan fingerprint density at radius 1 is 1.07 bits per heavy atom. The molecule has 9 heteroatoms. The lowest BCUT2D eigenvalue weighted by molar-refractivity contribution is -0.149. The lowest BCUT2D eigenvalue weighted by Crippen LogP contribution is -2.51. The second kappa shape index (κ2) is 8.75. The molecule has 0 saturated carbocycles. The minimum Gasteiger partial charge on any atom is -0.485 e. The minimum absolute atomic E-state index is 0.0144. The lowest BCUT2D eigenvalue weighted by atomic mass is 10.2. The number of furan rings is 1. The van der Waals surface area contributed by atoms with Crippen LogP contribution in [0.15, 0.2) is 47.1 Å². The van der Waals surface area contributed by atoms with E-state index in [0.717, 1.165) is 0 Å². The molecule has 2 heterocycles. The van der Waals surface area contributed by atoms with Crippen LogP contribution in [0.5, 0.6) is 11.5 Å². The van der Waals surface area contributed by atoms with E-state index in [2.05, 4.69) is 10.9 Å². The number of nitrogens with one attached hydrogen (secondary N) is 2. The summed E-state index contributed by atoms with van der Waals surface area (Å²) in [5.41, 5.74) is 4.37. The predicted molar refractivity (Wildman–Crippen MR) is 90.6 cm³/mol. The number of para-hydroxylation sites is 2. The van der Waals surface area contributed by atoms with Gasteiger partial charge in [-0.1, -0.05) is 12.1 Å². The minimum atomic E-state index is -0.906. The number of benzene rings is 1. The van der Waals surface area contributed by atoms with Crippen LogP contribution in [0.4, 0.5) is 0 Å². The van der Waals surface area contributed by atoms with Crippen LogP contribution in [0.2, 0.25) is 0 Å². The highest BCUT2D eigenvalue weighted by atomic mass is 16.6. The number of esters is 1. The lowest BCUT2D eigenvalue weighted by Gasteiger charge is -2.25. The van der Waals surface area contributed by atoms with Gasteiger partial charge in [0.15, 0.2) is 18.1 Å². The van der Waals surface area contributed by atoms with E-state index in [4.69, 9.17) is 18.6 Å². The van der Waals surface area contributed by atoms with E-state index in [1.165, 1.54) is 6.26 Å². The van der Waals surface area contributed by atoms with Gasteiger partial charge in [0.05, 0.1) is 12.7 Å².